The average molecular weight is 189 g/mol. The minimum absolute atomic E-state index is 0.111. The number of hydrogen-bond donors (Lipinski definition) is 2. The van der Waals surface area contributed by atoms with Gasteiger partial charge in [-0.15, -0.1) is 0 Å². The van der Waals surface area contributed by atoms with E-state index in [-0.39, 0.29) is 18.2 Å². The number of hydrogen-bond acceptors (Lipinski definition) is 3. The molecule has 0 aromatic carbocycles. The van der Waals surface area contributed by atoms with Gasteiger partial charge in [0.1, 0.15) is 0 Å². The van der Waals surface area contributed by atoms with Crippen molar-refractivity contribution in [2.75, 3.05) is 19.8 Å². The lowest BCUT2D eigenvalue weighted by molar-refractivity contribution is 0.0123. The maximum Gasteiger partial charge on any atom is 0.0671 e. The van der Waals surface area contributed by atoms with Crippen LogP contribution in [0, 0.1) is 0 Å². The van der Waals surface area contributed by atoms with Crippen molar-refractivity contribution in [3.8, 4) is 0 Å². The standard InChI is InChI=1S/C10H23NO2/c1-5-6-11-10(4,7-12)8-13-9(2)3/h9,11-12H,5-8H2,1-4H3. The van der Waals surface area contributed by atoms with Crippen molar-refractivity contribution in [1.82, 2.24) is 5.32 Å². The van der Waals surface area contributed by atoms with Crippen molar-refractivity contribution in [3.63, 3.8) is 0 Å². The van der Waals surface area contributed by atoms with Crippen LogP contribution < -0.4 is 5.32 Å². The van der Waals surface area contributed by atoms with E-state index in [9.17, 15) is 5.11 Å². The first-order valence-corrected chi connectivity index (χ1v) is 5.01. The third-order valence-electron chi connectivity index (χ3n) is 1.89. The van der Waals surface area contributed by atoms with Gasteiger partial charge in [-0.25, -0.2) is 0 Å². The van der Waals surface area contributed by atoms with Gasteiger partial charge in [0.25, 0.3) is 0 Å². The molecule has 0 spiro atoms. The molecule has 0 saturated carbocycles. The lowest BCUT2D eigenvalue weighted by Gasteiger charge is -2.29. The number of nitrogens with one attached hydrogen (secondary N) is 1. The van der Waals surface area contributed by atoms with E-state index in [0.29, 0.717) is 6.61 Å². The van der Waals surface area contributed by atoms with Gasteiger partial charge in [-0.2, -0.15) is 0 Å². The summed E-state index contributed by atoms with van der Waals surface area (Å²) >= 11 is 0. The summed E-state index contributed by atoms with van der Waals surface area (Å²) in [5, 5.41) is 12.5. The van der Waals surface area contributed by atoms with Crippen LogP contribution in [0.5, 0.6) is 0 Å². The fraction of sp³-hybridized carbons (Fsp3) is 1.00. The summed E-state index contributed by atoms with van der Waals surface area (Å²) in [5.74, 6) is 0. The summed E-state index contributed by atoms with van der Waals surface area (Å²) in [7, 11) is 0. The van der Waals surface area contributed by atoms with Crippen molar-refractivity contribution in [1.29, 1.82) is 0 Å². The van der Waals surface area contributed by atoms with Gasteiger partial charge in [-0.05, 0) is 33.7 Å². The van der Waals surface area contributed by atoms with Gasteiger partial charge in [-0.3, -0.25) is 0 Å². The molecule has 0 aliphatic rings. The van der Waals surface area contributed by atoms with Gasteiger partial charge in [0, 0.05) is 0 Å². The Morgan fingerprint density at radius 1 is 1.46 bits per heavy atom. The lowest BCUT2D eigenvalue weighted by Crippen LogP contribution is -2.50. The van der Waals surface area contributed by atoms with Gasteiger partial charge < -0.3 is 15.2 Å². The first kappa shape index (κ1) is 12.9. The van der Waals surface area contributed by atoms with Gasteiger partial charge in [0.2, 0.25) is 0 Å². The van der Waals surface area contributed by atoms with E-state index in [1.54, 1.807) is 0 Å². The summed E-state index contributed by atoms with van der Waals surface area (Å²) in [4.78, 5) is 0. The highest BCUT2D eigenvalue weighted by atomic mass is 16.5. The first-order valence-electron chi connectivity index (χ1n) is 5.01. The lowest BCUT2D eigenvalue weighted by atomic mass is 10.1. The maximum absolute atomic E-state index is 9.18. The first-order chi connectivity index (χ1) is 6.04. The molecule has 0 amide bonds. The van der Waals surface area contributed by atoms with Gasteiger partial charge in [0.15, 0.2) is 0 Å². The molecule has 80 valence electrons. The second-order valence-electron chi connectivity index (χ2n) is 4.01. The fourth-order valence-corrected chi connectivity index (χ4v) is 0.930. The zero-order valence-corrected chi connectivity index (χ0v) is 9.26. The summed E-state index contributed by atoms with van der Waals surface area (Å²) in [6.07, 6.45) is 1.28. The third kappa shape index (κ3) is 6.02. The highest BCUT2D eigenvalue weighted by molar-refractivity contribution is 4.81. The zero-order valence-electron chi connectivity index (χ0n) is 9.26. The molecule has 0 aliphatic carbocycles. The van der Waals surface area contributed by atoms with E-state index in [2.05, 4.69) is 12.2 Å². The fourth-order valence-electron chi connectivity index (χ4n) is 0.930. The van der Waals surface area contributed by atoms with Gasteiger partial charge in [-0.1, -0.05) is 6.92 Å². The molecule has 0 aromatic heterocycles. The van der Waals surface area contributed by atoms with Crippen LogP contribution in [0.1, 0.15) is 34.1 Å². The topological polar surface area (TPSA) is 41.5 Å². The molecule has 3 nitrogen and oxygen atoms in total. The average Bonchev–Trinajstić information content (AvgIpc) is 2.11. The summed E-state index contributed by atoms with van der Waals surface area (Å²) in [6.45, 7) is 9.66. The second kappa shape index (κ2) is 6.35. The Kier molecular flexibility index (Phi) is 6.29. The molecule has 0 bridgehead atoms. The van der Waals surface area contributed by atoms with E-state index in [0.717, 1.165) is 13.0 Å². The monoisotopic (exact) mass is 189 g/mol. The zero-order chi connectivity index (χ0) is 10.3. The summed E-state index contributed by atoms with van der Waals surface area (Å²) < 4.78 is 5.47. The third-order valence-corrected chi connectivity index (χ3v) is 1.89. The number of rotatable bonds is 7. The van der Waals surface area contributed by atoms with Crippen molar-refractivity contribution >= 4 is 0 Å². The van der Waals surface area contributed by atoms with Crippen LogP contribution in [0.15, 0.2) is 0 Å². The van der Waals surface area contributed by atoms with Crippen molar-refractivity contribution in [3.05, 3.63) is 0 Å². The van der Waals surface area contributed by atoms with E-state index < -0.39 is 0 Å². The van der Waals surface area contributed by atoms with Crippen molar-refractivity contribution in [2.45, 2.75) is 45.8 Å². The minimum Gasteiger partial charge on any atom is -0.394 e. The minimum atomic E-state index is -0.291. The van der Waals surface area contributed by atoms with Crippen molar-refractivity contribution < 1.29 is 9.84 Å². The molecule has 0 saturated heterocycles. The molecule has 0 radical (unpaired) electrons. The summed E-state index contributed by atoms with van der Waals surface area (Å²) in [5.41, 5.74) is -0.291. The molecule has 1 unspecified atom stereocenters. The number of aliphatic hydroxyl groups is 1. The molecule has 0 fully saturated rings. The van der Waals surface area contributed by atoms with Crippen molar-refractivity contribution in [2.24, 2.45) is 0 Å². The van der Waals surface area contributed by atoms with E-state index >= 15 is 0 Å². The predicted molar refractivity (Wildman–Crippen MR) is 54.9 cm³/mol. The highest BCUT2D eigenvalue weighted by Gasteiger charge is 2.22. The van der Waals surface area contributed by atoms with Gasteiger partial charge in [0.05, 0.1) is 24.9 Å². The molecule has 1 atom stereocenters. The Morgan fingerprint density at radius 2 is 2.08 bits per heavy atom. The quantitative estimate of drug-likeness (QED) is 0.631. The Hall–Kier alpha value is -0.120. The largest absolute Gasteiger partial charge is 0.394 e. The van der Waals surface area contributed by atoms with Crippen LogP contribution in [0.2, 0.25) is 0 Å². The number of aliphatic hydroxyl groups excluding tert-OH is 1. The molecular formula is C10H23NO2. The smallest absolute Gasteiger partial charge is 0.0671 e. The van der Waals surface area contributed by atoms with E-state index in [1.165, 1.54) is 0 Å². The Balaban J connectivity index is 3.81. The van der Waals surface area contributed by atoms with Crippen LogP contribution in [0.25, 0.3) is 0 Å². The van der Waals surface area contributed by atoms with E-state index in [1.807, 2.05) is 20.8 Å². The molecular weight excluding hydrogens is 166 g/mol. The molecule has 2 N–H and O–H groups in total. The Bertz CT molecular complexity index is 128. The maximum atomic E-state index is 9.18. The highest BCUT2D eigenvalue weighted by Crippen LogP contribution is 2.05. The predicted octanol–water partition coefficient (Wildman–Crippen LogP) is 1.16. The molecule has 0 heterocycles. The van der Waals surface area contributed by atoms with Gasteiger partial charge >= 0.3 is 0 Å². The normalized spacial score (nSPS) is 16.2. The van der Waals surface area contributed by atoms with Crippen LogP contribution in [-0.4, -0.2) is 36.5 Å². The molecule has 0 aromatic rings. The van der Waals surface area contributed by atoms with Crippen LogP contribution in [0.3, 0.4) is 0 Å². The summed E-state index contributed by atoms with van der Waals surface area (Å²) in [6, 6.07) is 0. The molecule has 13 heavy (non-hydrogen) atoms. The molecule has 0 aliphatic heterocycles. The second-order valence-corrected chi connectivity index (χ2v) is 4.01. The number of ether oxygens (including phenoxy) is 1. The molecule has 3 heteroatoms. The SMILES string of the molecule is CCCNC(C)(CO)COC(C)C. The Morgan fingerprint density at radius 3 is 2.46 bits per heavy atom. The van der Waals surface area contributed by atoms with Crippen LogP contribution >= 0.6 is 0 Å². The van der Waals surface area contributed by atoms with Crippen LogP contribution in [0.4, 0.5) is 0 Å². The Labute approximate surface area is 81.5 Å². The van der Waals surface area contributed by atoms with Crippen LogP contribution in [-0.2, 0) is 4.74 Å². The molecule has 0 rings (SSSR count). The van der Waals surface area contributed by atoms with E-state index in [4.69, 9.17) is 4.74 Å².